The smallest absolute Gasteiger partial charge is 0.185 e. The largest absolute Gasteiger partial charge is 0.351 e. The number of fused-ring (bicyclic) bond motifs is 3. The van der Waals surface area contributed by atoms with E-state index in [-0.39, 0.29) is 5.78 Å². The van der Waals surface area contributed by atoms with Gasteiger partial charge in [-0.3, -0.25) is 4.79 Å². The molecule has 0 N–H and O–H groups in total. The summed E-state index contributed by atoms with van der Waals surface area (Å²) in [5, 5.41) is 28.5. The quantitative estimate of drug-likeness (QED) is 0.618. The lowest BCUT2D eigenvalue weighted by atomic mass is 9.69. The lowest BCUT2D eigenvalue weighted by Crippen LogP contribution is -2.44. The average Bonchev–Trinajstić information content (AvgIpc) is 3.15. The van der Waals surface area contributed by atoms with E-state index in [4.69, 9.17) is 0 Å². The Hall–Kier alpha value is -4.29. The van der Waals surface area contributed by atoms with Crippen molar-refractivity contribution in [3.63, 3.8) is 0 Å². The summed E-state index contributed by atoms with van der Waals surface area (Å²) in [6.07, 6.45) is 6.87. The Balaban J connectivity index is 1.79. The highest BCUT2D eigenvalue weighted by Crippen LogP contribution is 2.55. The minimum Gasteiger partial charge on any atom is -0.351 e. The van der Waals surface area contributed by atoms with E-state index in [1.54, 1.807) is 24.4 Å². The molecule has 2 aromatic carbocycles. The molecule has 0 radical (unpaired) electrons. The van der Waals surface area contributed by atoms with Crippen molar-refractivity contribution in [2.45, 2.75) is 18.0 Å². The van der Waals surface area contributed by atoms with Crippen molar-refractivity contribution in [3.05, 3.63) is 95.8 Å². The van der Waals surface area contributed by atoms with Crippen LogP contribution in [0.25, 0.3) is 6.08 Å². The average molecular weight is 403 g/mol. The zero-order chi connectivity index (χ0) is 21.4. The molecule has 5 rings (SSSR count). The summed E-state index contributed by atoms with van der Waals surface area (Å²) in [5.74, 6) is -0.837. The van der Waals surface area contributed by atoms with Gasteiger partial charge < -0.3 is 4.90 Å². The van der Waals surface area contributed by atoms with Crippen LogP contribution in [-0.2, 0) is 0 Å². The molecule has 0 amide bonds. The van der Waals surface area contributed by atoms with Gasteiger partial charge in [0, 0.05) is 23.4 Å². The number of benzene rings is 2. The maximum atomic E-state index is 13.9. The molecule has 6 nitrogen and oxygen atoms in total. The number of anilines is 1. The number of carbonyl (C=O) groups is 1. The van der Waals surface area contributed by atoms with Crippen molar-refractivity contribution in [1.29, 1.82) is 10.5 Å². The molecule has 3 aromatic rings. The first kappa shape index (κ1) is 18.7. The van der Waals surface area contributed by atoms with E-state index in [9.17, 15) is 15.3 Å². The van der Waals surface area contributed by atoms with E-state index in [2.05, 4.69) is 22.3 Å². The molecule has 148 valence electrons. The molecule has 2 aliphatic rings. The number of carbonyl (C=O) groups excluding carboxylic acids is 1. The van der Waals surface area contributed by atoms with Gasteiger partial charge in [-0.1, -0.05) is 60.7 Å². The first-order valence-corrected chi connectivity index (χ1v) is 9.95. The van der Waals surface area contributed by atoms with Gasteiger partial charge in [0.1, 0.15) is 6.04 Å². The third-order valence-electron chi connectivity index (χ3n) is 6.21. The molecule has 1 saturated heterocycles. The molecule has 1 fully saturated rings. The van der Waals surface area contributed by atoms with Crippen LogP contribution in [0, 0.1) is 28.1 Å². The van der Waals surface area contributed by atoms with Crippen molar-refractivity contribution in [2.24, 2.45) is 5.41 Å². The number of nitriles is 2. The molecular formula is C25H17N5O. The van der Waals surface area contributed by atoms with Gasteiger partial charge in [-0.25, -0.2) is 0 Å². The SMILES string of the molecule is N#CC1(C#N)C(c2ccnnc2)C(C(=O)c2ccccc2)N2c3ccccc3C=CC21. The fourth-order valence-corrected chi connectivity index (χ4v) is 4.87. The second-order valence-corrected chi connectivity index (χ2v) is 7.69. The van der Waals surface area contributed by atoms with Crippen LogP contribution in [0.15, 0.2) is 79.1 Å². The van der Waals surface area contributed by atoms with E-state index >= 15 is 0 Å². The second-order valence-electron chi connectivity index (χ2n) is 7.69. The van der Waals surface area contributed by atoms with E-state index in [0.717, 1.165) is 11.3 Å². The Kier molecular flexibility index (Phi) is 4.34. The summed E-state index contributed by atoms with van der Waals surface area (Å²) in [7, 11) is 0. The molecule has 0 saturated carbocycles. The normalized spacial score (nSPS) is 22.6. The van der Waals surface area contributed by atoms with E-state index in [0.29, 0.717) is 11.1 Å². The first-order valence-electron chi connectivity index (χ1n) is 9.95. The summed E-state index contributed by atoms with van der Waals surface area (Å²) in [5.41, 5.74) is 1.50. The minimum absolute atomic E-state index is 0.134. The molecule has 31 heavy (non-hydrogen) atoms. The van der Waals surface area contributed by atoms with Crippen LogP contribution in [0.4, 0.5) is 5.69 Å². The Bertz CT molecular complexity index is 1240. The third-order valence-corrected chi connectivity index (χ3v) is 6.21. The van der Waals surface area contributed by atoms with E-state index in [1.165, 1.54) is 6.20 Å². The fraction of sp³-hybridized carbons (Fsp3) is 0.160. The molecule has 0 bridgehead atoms. The van der Waals surface area contributed by atoms with Gasteiger partial charge in [0.05, 0.1) is 24.4 Å². The Morgan fingerprint density at radius 2 is 1.71 bits per heavy atom. The van der Waals surface area contributed by atoms with Crippen molar-refractivity contribution < 1.29 is 4.79 Å². The Labute approximate surface area is 179 Å². The number of aromatic nitrogens is 2. The van der Waals surface area contributed by atoms with Crippen molar-refractivity contribution in [1.82, 2.24) is 10.2 Å². The molecule has 3 atom stereocenters. The van der Waals surface area contributed by atoms with Crippen LogP contribution in [0.3, 0.4) is 0 Å². The third kappa shape index (κ3) is 2.66. The molecule has 0 aliphatic carbocycles. The van der Waals surface area contributed by atoms with Gasteiger partial charge in [0.25, 0.3) is 0 Å². The molecule has 3 unspecified atom stereocenters. The molecule has 0 spiro atoms. The predicted molar refractivity (Wildman–Crippen MR) is 115 cm³/mol. The van der Waals surface area contributed by atoms with Crippen LogP contribution >= 0.6 is 0 Å². The number of ketones is 1. The highest BCUT2D eigenvalue weighted by atomic mass is 16.1. The van der Waals surface area contributed by atoms with Crippen LogP contribution in [0.1, 0.15) is 27.4 Å². The minimum atomic E-state index is -1.47. The van der Waals surface area contributed by atoms with Crippen molar-refractivity contribution in [2.75, 3.05) is 4.90 Å². The van der Waals surface area contributed by atoms with Crippen LogP contribution < -0.4 is 4.90 Å². The van der Waals surface area contributed by atoms with Crippen molar-refractivity contribution in [3.8, 4) is 12.1 Å². The van der Waals surface area contributed by atoms with Gasteiger partial charge in [0.2, 0.25) is 0 Å². The van der Waals surface area contributed by atoms with Gasteiger partial charge in [-0.15, -0.1) is 0 Å². The number of rotatable bonds is 3. The topological polar surface area (TPSA) is 93.7 Å². The first-order chi connectivity index (χ1) is 15.2. The van der Waals surface area contributed by atoms with Crippen molar-refractivity contribution >= 4 is 17.5 Å². The molecule has 6 heteroatoms. The van der Waals surface area contributed by atoms with E-state index in [1.807, 2.05) is 59.5 Å². The highest BCUT2D eigenvalue weighted by molar-refractivity contribution is 6.04. The molecule has 1 aromatic heterocycles. The molecular weight excluding hydrogens is 386 g/mol. The van der Waals surface area contributed by atoms with Crippen LogP contribution in [-0.4, -0.2) is 28.1 Å². The second kappa shape index (κ2) is 7.19. The zero-order valence-electron chi connectivity index (χ0n) is 16.5. The summed E-state index contributed by atoms with van der Waals surface area (Å²) in [4.78, 5) is 15.8. The Morgan fingerprint density at radius 1 is 0.968 bits per heavy atom. The van der Waals surface area contributed by atoms with Gasteiger partial charge in [-0.05, 0) is 23.3 Å². The number of hydrogen-bond acceptors (Lipinski definition) is 6. The van der Waals surface area contributed by atoms with Gasteiger partial charge in [0.15, 0.2) is 11.2 Å². The fourth-order valence-electron chi connectivity index (χ4n) is 4.87. The maximum absolute atomic E-state index is 13.9. The number of para-hydroxylation sites is 1. The molecule has 3 heterocycles. The number of Topliss-reactive ketones (excluding diaryl/α,β-unsaturated/α-hetero) is 1. The van der Waals surface area contributed by atoms with Crippen LogP contribution in [0.5, 0.6) is 0 Å². The van der Waals surface area contributed by atoms with Gasteiger partial charge >= 0.3 is 0 Å². The number of nitrogens with zero attached hydrogens (tertiary/aromatic N) is 5. The molecule has 2 aliphatic heterocycles. The standard InChI is InChI=1S/C25H17N5O/c26-15-25(16-27)21-11-10-17-6-4-5-9-20(17)30(21)23(22(25)19-12-13-28-29-14-19)24(31)18-7-2-1-3-8-18/h1-14,21-23H. The maximum Gasteiger partial charge on any atom is 0.185 e. The lowest BCUT2D eigenvalue weighted by Gasteiger charge is -2.35. The Morgan fingerprint density at radius 3 is 2.42 bits per heavy atom. The summed E-state index contributed by atoms with van der Waals surface area (Å²) in [6, 6.07) is 21.7. The monoisotopic (exact) mass is 403 g/mol. The van der Waals surface area contributed by atoms with Crippen LogP contribution in [0.2, 0.25) is 0 Å². The summed E-state index contributed by atoms with van der Waals surface area (Å²) < 4.78 is 0. The zero-order valence-corrected chi connectivity index (χ0v) is 16.5. The number of hydrogen-bond donors (Lipinski definition) is 0. The summed E-state index contributed by atoms with van der Waals surface area (Å²) >= 11 is 0. The lowest BCUT2D eigenvalue weighted by molar-refractivity contribution is 0.0951. The van der Waals surface area contributed by atoms with E-state index < -0.39 is 23.4 Å². The van der Waals surface area contributed by atoms with Gasteiger partial charge in [-0.2, -0.15) is 20.7 Å². The highest BCUT2D eigenvalue weighted by Gasteiger charge is 2.63. The summed E-state index contributed by atoms with van der Waals surface area (Å²) in [6.45, 7) is 0. The predicted octanol–water partition coefficient (Wildman–Crippen LogP) is 3.76.